The number of anilines is 1. The van der Waals surface area contributed by atoms with Gasteiger partial charge in [-0.3, -0.25) is 9.59 Å². The zero-order valence-electron chi connectivity index (χ0n) is 30.9. The lowest BCUT2D eigenvalue weighted by molar-refractivity contribution is -0.133. The maximum absolute atomic E-state index is 13.6. The van der Waals surface area contributed by atoms with Crippen LogP contribution in [0.4, 0.5) is 5.69 Å². The molecule has 1 fully saturated rings. The summed E-state index contributed by atoms with van der Waals surface area (Å²) in [5, 5.41) is 27.4. The molecule has 0 saturated carbocycles. The van der Waals surface area contributed by atoms with Crippen molar-refractivity contribution in [1.82, 2.24) is 15.1 Å². The zero-order valence-corrected chi connectivity index (χ0v) is 30.9. The largest absolute Gasteiger partial charge is 0.508 e. The van der Waals surface area contributed by atoms with Crippen LogP contribution in [0.15, 0.2) is 84.9 Å². The number of aromatic hydroxyl groups is 2. The molecule has 2 aliphatic heterocycles. The number of fused-ring (bicyclic) bond motifs is 1. The van der Waals surface area contributed by atoms with E-state index in [4.69, 9.17) is 9.47 Å². The summed E-state index contributed by atoms with van der Waals surface area (Å²) in [7, 11) is 2.15. The summed E-state index contributed by atoms with van der Waals surface area (Å²) < 4.78 is 11.7. The third-order valence-corrected chi connectivity index (χ3v) is 10.7. The minimum absolute atomic E-state index is 0.0200. The van der Waals surface area contributed by atoms with Gasteiger partial charge in [0.05, 0.1) is 19.6 Å². The molecule has 53 heavy (non-hydrogen) atoms. The lowest BCUT2D eigenvalue weighted by Crippen LogP contribution is -2.41. The Bertz CT molecular complexity index is 1860. The molecule has 1 saturated heterocycles. The molecule has 0 spiro atoms. The molecule has 4 aromatic carbocycles. The number of rotatable bonds is 16. The van der Waals surface area contributed by atoms with Gasteiger partial charge in [-0.2, -0.15) is 0 Å². The van der Waals surface area contributed by atoms with Gasteiger partial charge in [-0.05, 0) is 99.2 Å². The van der Waals surface area contributed by atoms with Gasteiger partial charge in [0, 0.05) is 30.6 Å². The van der Waals surface area contributed by atoms with Gasteiger partial charge < -0.3 is 40.1 Å². The van der Waals surface area contributed by atoms with E-state index in [0.29, 0.717) is 69.4 Å². The van der Waals surface area contributed by atoms with Crippen LogP contribution in [0.1, 0.15) is 52.6 Å². The standard InChI is InChI=1S/C43H52N4O6/c1-31-8-6-7-9-34(31)29-47(25-22-44-21-16-33-13-15-38(49)41-42(33)53-30-39(50)45-41)40(51)18-27-52-26-17-32-12-14-37(48)36(28-32)43(19-23-46(2)24-20-43)35-10-4-3-5-11-35/h3-15,28,44,48-49H,16-27,29-30H2,1-2H3,(H,45,50). The van der Waals surface area contributed by atoms with Crippen LogP contribution >= 0.6 is 0 Å². The Labute approximate surface area is 312 Å². The maximum Gasteiger partial charge on any atom is 0.262 e. The lowest BCUT2D eigenvalue weighted by atomic mass is 9.67. The number of carbonyl (C=O) groups is 2. The normalized spacial score (nSPS) is 15.3. The Hall–Kier alpha value is -4.90. The van der Waals surface area contributed by atoms with Gasteiger partial charge in [0.15, 0.2) is 12.4 Å². The molecular weight excluding hydrogens is 668 g/mol. The second-order valence-electron chi connectivity index (χ2n) is 14.2. The fourth-order valence-electron chi connectivity index (χ4n) is 7.46. The number of nitrogens with one attached hydrogen (secondary N) is 2. The fraction of sp³-hybridized carbons (Fsp3) is 0.395. The summed E-state index contributed by atoms with van der Waals surface area (Å²) in [5.74, 6) is 0.555. The minimum atomic E-state index is -0.293. The summed E-state index contributed by atoms with van der Waals surface area (Å²) in [5.41, 5.74) is 6.53. The van der Waals surface area contributed by atoms with Crippen molar-refractivity contribution in [2.75, 3.05) is 64.9 Å². The predicted molar refractivity (Wildman–Crippen MR) is 207 cm³/mol. The van der Waals surface area contributed by atoms with E-state index in [-0.39, 0.29) is 36.0 Å². The van der Waals surface area contributed by atoms with Crippen LogP contribution in [0.2, 0.25) is 0 Å². The number of nitrogens with zero attached hydrogens (tertiary/aromatic N) is 2. The number of benzene rings is 4. The van der Waals surface area contributed by atoms with Crippen LogP contribution in [0.25, 0.3) is 0 Å². The van der Waals surface area contributed by atoms with Gasteiger partial charge in [0.25, 0.3) is 5.91 Å². The third kappa shape index (κ3) is 9.37. The Balaban J connectivity index is 1.01. The molecule has 280 valence electrons. The molecule has 0 atom stereocenters. The first kappa shape index (κ1) is 37.8. The van der Waals surface area contributed by atoms with Gasteiger partial charge in [-0.15, -0.1) is 0 Å². The molecule has 4 aromatic rings. The van der Waals surface area contributed by atoms with Gasteiger partial charge in [-0.25, -0.2) is 0 Å². The number of phenols is 2. The molecule has 2 aliphatic rings. The molecule has 0 aliphatic carbocycles. The molecule has 2 amide bonds. The van der Waals surface area contributed by atoms with Crippen molar-refractivity contribution < 1.29 is 29.3 Å². The Morgan fingerprint density at radius 2 is 1.68 bits per heavy atom. The highest BCUT2D eigenvalue weighted by Crippen LogP contribution is 2.45. The third-order valence-electron chi connectivity index (χ3n) is 10.7. The van der Waals surface area contributed by atoms with Gasteiger partial charge in [0.1, 0.15) is 17.2 Å². The Morgan fingerprint density at radius 3 is 2.47 bits per heavy atom. The van der Waals surface area contributed by atoms with Crippen LogP contribution < -0.4 is 15.4 Å². The van der Waals surface area contributed by atoms with Crippen molar-refractivity contribution in [3.05, 3.63) is 118 Å². The van der Waals surface area contributed by atoms with Crippen molar-refractivity contribution >= 4 is 17.5 Å². The maximum atomic E-state index is 13.6. The summed E-state index contributed by atoms with van der Waals surface area (Å²) in [6.07, 6.45) is 3.47. The summed E-state index contributed by atoms with van der Waals surface area (Å²) in [6, 6.07) is 28.0. The van der Waals surface area contributed by atoms with Crippen LogP contribution in [0.5, 0.6) is 17.2 Å². The molecule has 0 unspecified atom stereocenters. The summed E-state index contributed by atoms with van der Waals surface area (Å²) in [4.78, 5) is 29.5. The number of likely N-dealkylation sites (tertiary alicyclic amines) is 1. The summed E-state index contributed by atoms with van der Waals surface area (Å²) in [6.45, 7) is 6.98. The van der Waals surface area contributed by atoms with Crippen molar-refractivity contribution in [2.24, 2.45) is 0 Å². The highest BCUT2D eigenvalue weighted by atomic mass is 16.5. The fourth-order valence-corrected chi connectivity index (χ4v) is 7.46. The van der Waals surface area contributed by atoms with Gasteiger partial charge >= 0.3 is 0 Å². The molecule has 10 nitrogen and oxygen atoms in total. The average molecular weight is 721 g/mol. The molecule has 10 heteroatoms. The van der Waals surface area contributed by atoms with E-state index < -0.39 is 0 Å². The van der Waals surface area contributed by atoms with Gasteiger partial charge in [-0.1, -0.05) is 72.8 Å². The number of carbonyl (C=O) groups excluding carboxylic acids is 2. The lowest BCUT2D eigenvalue weighted by Gasteiger charge is -2.42. The molecule has 0 radical (unpaired) electrons. The van der Waals surface area contributed by atoms with Crippen molar-refractivity contribution in [3.8, 4) is 17.2 Å². The number of hydrogen-bond acceptors (Lipinski definition) is 8. The van der Waals surface area contributed by atoms with Crippen LogP contribution in [-0.2, 0) is 39.1 Å². The van der Waals surface area contributed by atoms with Crippen LogP contribution in [0.3, 0.4) is 0 Å². The molecule has 0 bridgehead atoms. The molecular formula is C43H52N4O6. The summed E-state index contributed by atoms with van der Waals surface area (Å²) >= 11 is 0. The first-order valence-electron chi connectivity index (χ1n) is 18.7. The Morgan fingerprint density at radius 1 is 0.925 bits per heavy atom. The number of hydrogen-bond donors (Lipinski definition) is 4. The first-order valence-corrected chi connectivity index (χ1v) is 18.7. The number of aryl methyl sites for hydroxylation is 1. The number of ether oxygens (including phenoxy) is 2. The van der Waals surface area contributed by atoms with Gasteiger partial charge in [0.2, 0.25) is 5.91 Å². The number of amides is 2. The highest BCUT2D eigenvalue weighted by Gasteiger charge is 2.39. The van der Waals surface area contributed by atoms with Crippen LogP contribution in [-0.4, -0.2) is 91.4 Å². The highest BCUT2D eigenvalue weighted by molar-refractivity contribution is 5.97. The molecule has 0 aromatic heterocycles. The molecule has 4 N–H and O–H groups in total. The predicted octanol–water partition coefficient (Wildman–Crippen LogP) is 5.56. The quantitative estimate of drug-likeness (QED) is 0.0878. The van der Waals surface area contributed by atoms with E-state index in [1.807, 2.05) is 35.2 Å². The Kier molecular flexibility index (Phi) is 12.7. The van der Waals surface area contributed by atoms with E-state index in [1.165, 1.54) is 5.56 Å². The zero-order chi connectivity index (χ0) is 37.2. The van der Waals surface area contributed by atoms with Crippen molar-refractivity contribution in [2.45, 2.75) is 51.0 Å². The monoisotopic (exact) mass is 720 g/mol. The van der Waals surface area contributed by atoms with Crippen molar-refractivity contribution in [3.63, 3.8) is 0 Å². The van der Waals surface area contributed by atoms with E-state index in [9.17, 15) is 19.8 Å². The van der Waals surface area contributed by atoms with E-state index >= 15 is 0 Å². The minimum Gasteiger partial charge on any atom is -0.508 e. The second kappa shape index (κ2) is 17.7. The first-order chi connectivity index (χ1) is 25.7. The van der Waals surface area contributed by atoms with Crippen LogP contribution in [0, 0.1) is 6.92 Å². The number of piperidine rings is 1. The molecule has 6 rings (SSSR count). The average Bonchev–Trinajstić information content (AvgIpc) is 3.17. The molecule has 2 heterocycles. The number of phenolic OH excluding ortho intramolecular Hbond substituents is 2. The SMILES string of the molecule is Cc1ccccc1CN(CCNCCc1ccc(O)c2c1OCC(=O)N2)C(=O)CCOCCc1ccc(O)c(C2(c3ccccc3)CCN(C)CC2)c1. The second-order valence-corrected chi connectivity index (χ2v) is 14.2. The van der Waals surface area contributed by atoms with Crippen molar-refractivity contribution in [1.29, 1.82) is 0 Å². The topological polar surface area (TPSA) is 124 Å². The van der Waals surface area contributed by atoms with E-state index in [1.54, 1.807) is 12.1 Å². The smallest absolute Gasteiger partial charge is 0.262 e. The van der Waals surface area contributed by atoms with E-state index in [0.717, 1.165) is 53.7 Å². The van der Waals surface area contributed by atoms with E-state index in [2.05, 4.69) is 72.0 Å².